The van der Waals surface area contributed by atoms with Crippen LogP contribution in [0.4, 0.5) is 5.13 Å². The zero-order valence-electron chi connectivity index (χ0n) is 14.1. The molecule has 2 heterocycles. The molecule has 0 saturated heterocycles. The highest BCUT2D eigenvalue weighted by Crippen LogP contribution is 2.23. The Kier molecular flexibility index (Phi) is 4.84. The summed E-state index contributed by atoms with van der Waals surface area (Å²) in [4.78, 5) is 25.2. The summed E-state index contributed by atoms with van der Waals surface area (Å²) in [6.07, 6.45) is 0.397. The van der Waals surface area contributed by atoms with Crippen LogP contribution in [0.5, 0.6) is 0 Å². The summed E-state index contributed by atoms with van der Waals surface area (Å²) < 4.78 is 1.13. The third kappa shape index (κ3) is 3.41. The molecule has 130 valence electrons. The molecule has 2 aromatic heterocycles. The average molecular weight is 358 g/mol. The van der Waals surface area contributed by atoms with E-state index in [-0.39, 0.29) is 17.4 Å². The molecule has 0 aliphatic heterocycles. The lowest BCUT2D eigenvalue weighted by molar-refractivity contribution is -0.119. The van der Waals surface area contributed by atoms with E-state index < -0.39 is 6.04 Å². The van der Waals surface area contributed by atoms with Gasteiger partial charge in [0.2, 0.25) is 5.13 Å². The molecule has 1 aromatic carbocycles. The summed E-state index contributed by atoms with van der Waals surface area (Å²) in [6, 6.07) is 6.16. The van der Waals surface area contributed by atoms with Gasteiger partial charge in [-0.3, -0.25) is 14.9 Å². The van der Waals surface area contributed by atoms with Crippen LogP contribution in [0.2, 0.25) is 0 Å². The van der Waals surface area contributed by atoms with Crippen LogP contribution in [0.1, 0.15) is 44.2 Å². The number of hydrogen-bond acceptors (Lipinski definition) is 7. The minimum Gasteiger partial charge on any atom is -0.299 e. The minimum atomic E-state index is -0.768. The van der Waals surface area contributed by atoms with Crippen LogP contribution in [0.25, 0.3) is 10.9 Å². The average Bonchev–Trinajstić information content (AvgIpc) is 3.06. The van der Waals surface area contributed by atoms with Gasteiger partial charge in [-0.05, 0) is 18.6 Å². The Morgan fingerprint density at radius 2 is 2.00 bits per heavy atom. The van der Waals surface area contributed by atoms with Crippen molar-refractivity contribution in [1.29, 1.82) is 0 Å². The van der Waals surface area contributed by atoms with Crippen molar-refractivity contribution in [3.63, 3.8) is 0 Å². The van der Waals surface area contributed by atoms with Crippen molar-refractivity contribution in [3.8, 4) is 0 Å². The van der Waals surface area contributed by atoms with Crippen molar-refractivity contribution >= 4 is 33.3 Å². The normalized spacial score (nSPS) is 12.5. The third-order valence-corrected chi connectivity index (χ3v) is 4.88. The summed E-state index contributed by atoms with van der Waals surface area (Å²) in [5.41, 5.74) is 0.164. The van der Waals surface area contributed by atoms with E-state index in [1.807, 2.05) is 20.8 Å². The number of carbonyl (C=O) groups excluding carboxylic acids is 1. The smallest absolute Gasteiger partial charge is 0.278 e. The number of benzene rings is 1. The van der Waals surface area contributed by atoms with Gasteiger partial charge in [0.05, 0.1) is 5.39 Å². The van der Waals surface area contributed by atoms with Gasteiger partial charge in [-0.2, -0.15) is 4.68 Å². The fourth-order valence-corrected chi connectivity index (χ4v) is 3.13. The van der Waals surface area contributed by atoms with Crippen molar-refractivity contribution in [3.05, 3.63) is 39.6 Å². The second-order valence-electron chi connectivity index (χ2n) is 5.87. The molecule has 0 bridgehead atoms. The second-order valence-corrected chi connectivity index (χ2v) is 6.88. The lowest BCUT2D eigenvalue weighted by Crippen LogP contribution is -2.35. The van der Waals surface area contributed by atoms with Gasteiger partial charge in [0, 0.05) is 5.92 Å². The highest BCUT2D eigenvalue weighted by Gasteiger charge is 2.23. The van der Waals surface area contributed by atoms with E-state index in [4.69, 9.17) is 0 Å². The zero-order chi connectivity index (χ0) is 18.0. The van der Waals surface area contributed by atoms with Gasteiger partial charge in [0.15, 0.2) is 0 Å². The molecule has 1 amide bonds. The van der Waals surface area contributed by atoms with Crippen molar-refractivity contribution < 1.29 is 4.79 Å². The molecular weight excluding hydrogens is 340 g/mol. The number of hydrogen-bond donors (Lipinski definition) is 1. The van der Waals surface area contributed by atoms with E-state index >= 15 is 0 Å². The molecule has 1 unspecified atom stereocenters. The van der Waals surface area contributed by atoms with Gasteiger partial charge >= 0.3 is 0 Å². The Bertz CT molecular complexity index is 964. The SMILES string of the molecule is CCC(C(=O)Nc1nnc(C(C)C)s1)n1nnc2ccccc2c1=O. The number of carbonyl (C=O) groups is 1. The van der Waals surface area contributed by atoms with Crippen molar-refractivity contribution in [2.75, 3.05) is 5.32 Å². The second kappa shape index (κ2) is 7.06. The molecule has 3 aromatic rings. The third-order valence-electron chi connectivity index (χ3n) is 3.74. The Hall–Kier alpha value is -2.68. The topological polar surface area (TPSA) is 103 Å². The molecule has 0 aliphatic carbocycles. The molecular formula is C16H18N6O2S. The van der Waals surface area contributed by atoms with E-state index in [0.29, 0.717) is 22.5 Å². The van der Waals surface area contributed by atoms with Gasteiger partial charge in [-0.25, -0.2) is 0 Å². The summed E-state index contributed by atoms with van der Waals surface area (Å²) in [7, 11) is 0. The largest absolute Gasteiger partial charge is 0.299 e. The van der Waals surface area contributed by atoms with Crippen molar-refractivity contribution in [1.82, 2.24) is 25.2 Å². The maximum absolute atomic E-state index is 12.6. The highest BCUT2D eigenvalue weighted by molar-refractivity contribution is 7.15. The van der Waals surface area contributed by atoms with Crippen LogP contribution in [0.3, 0.4) is 0 Å². The van der Waals surface area contributed by atoms with Crippen LogP contribution in [0.15, 0.2) is 29.1 Å². The Morgan fingerprint density at radius 3 is 2.68 bits per heavy atom. The van der Waals surface area contributed by atoms with Crippen LogP contribution in [-0.2, 0) is 4.79 Å². The van der Waals surface area contributed by atoms with E-state index in [1.165, 1.54) is 11.3 Å². The molecule has 9 heteroatoms. The molecule has 8 nitrogen and oxygen atoms in total. The molecule has 0 saturated carbocycles. The predicted molar refractivity (Wildman–Crippen MR) is 95.8 cm³/mol. The van der Waals surface area contributed by atoms with E-state index in [2.05, 4.69) is 25.8 Å². The number of rotatable bonds is 5. The fraction of sp³-hybridized carbons (Fsp3) is 0.375. The summed E-state index contributed by atoms with van der Waals surface area (Å²) in [5.74, 6) is -0.125. The first kappa shape index (κ1) is 17.2. The van der Waals surface area contributed by atoms with Crippen molar-refractivity contribution in [2.45, 2.75) is 39.2 Å². The molecule has 0 aliphatic rings. The maximum Gasteiger partial charge on any atom is 0.278 e. The molecule has 1 N–H and O–H groups in total. The number of nitrogens with zero attached hydrogens (tertiary/aromatic N) is 5. The number of aromatic nitrogens is 5. The number of amides is 1. The molecule has 25 heavy (non-hydrogen) atoms. The first-order chi connectivity index (χ1) is 12.0. The number of fused-ring (bicyclic) bond motifs is 1. The monoisotopic (exact) mass is 358 g/mol. The highest BCUT2D eigenvalue weighted by atomic mass is 32.1. The van der Waals surface area contributed by atoms with E-state index in [9.17, 15) is 9.59 Å². The Morgan fingerprint density at radius 1 is 1.24 bits per heavy atom. The molecule has 0 radical (unpaired) electrons. The van der Waals surface area contributed by atoms with Gasteiger partial charge < -0.3 is 0 Å². The quantitative estimate of drug-likeness (QED) is 0.751. The Balaban J connectivity index is 1.90. The van der Waals surface area contributed by atoms with Crippen LogP contribution in [-0.4, -0.2) is 31.1 Å². The summed E-state index contributed by atoms with van der Waals surface area (Å²) >= 11 is 1.32. The van der Waals surface area contributed by atoms with Crippen LogP contribution in [0, 0.1) is 0 Å². The lowest BCUT2D eigenvalue weighted by atomic mass is 10.2. The molecule has 3 rings (SSSR count). The van der Waals surface area contributed by atoms with Gasteiger partial charge in [-0.15, -0.1) is 15.3 Å². The molecule has 1 atom stereocenters. The maximum atomic E-state index is 12.6. The van der Waals surface area contributed by atoms with E-state index in [1.54, 1.807) is 24.3 Å². The predicted octanol–water partition coefficient (Wildman–Crippen LogP) is 2.36. The van der Waals surface area contributed by atoms with E-state index in [0.717, 1.165) is 9.69 Å². The number of nitrogens with one attached hydrogen (secondary N) is 1. The molecule has 0 fully saturated rings. The minimum absolute atomic E-state index is 0.235. The zero-order valence-corrected chi connectivity index (χ0v) is 14.9. The number of anilines is 1. The first-order valence-corrected chi connectivity index (χ1v) is 8.81. The van der Waals surface area contributed by atoms with Gasteiger partial charge in [-0.1, -0.05) is 49.5 Å². The summed E-state index contributed by atoms with van der Waals surface area (Å²) in [5, 5.41) is 20.4. The fourth-order valence-electron chi connectivity index (χ4n) is 2.38. The standard InChI is InChI=1S/C16H18N6O2S/c1-4-12(13(23)17-16-20-19-14(25-16)9(2)3)22-15(24)10-7-5-6-8-11(10)18-21-22/h5-9,12H,4H2,1-3H3,(H,17,20,23). The van der Waals surface area contributed by atoms with Crippen LogP contribution < -0.4 is 10.9 Å². The first-order valence-electron chi connectivity index (χ1n) is 7.99. The van der Waals surface area contributed by atoms with Crippen molar-refractivity contribution in [2.24, 2.45) is 0 Å². The molecule has 0 spiro atoms. The summed E-state index contributed by atoms with van der Waals surface area (Å²) in [6.45, 7) is 5.82. The Labute approximate surface area is 147 Å². The lowest BCUT2D eigenvalue weighted by Gasteiger charge is -2.15. The van der Waals surface area contributed by atoms with Gasteiger partial charge in [0.25, 0.3) is 11.5 Å². The van der Waals surface area contributed by atoms with Crippen LogP contribution >= 0.6 is 11.3 Å². The van der Waals surface area contributed by atoms with Gasteiger partial charge in [0.1, 0.15) is 16.6 Å².